The van der Waals surface area contributed by atoms with E-state index in [2.05, 4.69) is 15.9 Å². The van der Waals surface area contributed by atoms with Crippen LogP contribution in [0.15, 0.2) is 22.7 Å². The van der Waals surface area contributed by atoms with E-state index in [4.69, 9.17) is 4.74 Å². The van der Waals surface area contributed by atoms with Crippen molar-refractivity contribution in [1.29, 1.82) is 0 Å². The molecule has 0 fully saturated rings. The van der Waals surface area contributed by atoms with Crippen LogP contribution in [0.5, 0.6) is 0 Å². The molecule has 2 atom stereocenters. The number of hydrogen-bond acceptors (Lipinski definition) is 2. The highest BCUT2D eigenvalue weighted by Crippen LogP contribution is 2.18. The van der Waals surface area contributed by atoms with Gasteiger partial charge in [0.05, 0.1) is 12.2 Å². The minimum Gasteiger partial charge on any atom is -0.393 e. The third-order valence-electron chi connectivity index (χ3n) is 2.47. The summed E-state index contributed by atoms with van der Waals surface area (Å²) in [5, 5.41) is 9.76. The van der Waals surface area contributed by atoms with Crippen LogP contribution >= 0.6 is 15.9 Å². The van der Waals surface area contributed by atoms with Crippen molar-refractivity contribution in [3.8, 4) is 0 Å². The van der Waals surface area contributed by atoms with Crippen LogP contribution in [-0.2, 0) is 11.2 Å². The SMILES string of the molecule is COC(C)CC(O)Cc1cc(Br)ccc1F. The van der Waals surface area contributed by atoms with Crippen LogP contribution in [0.4, 0.5) is 4.39 Å². The van der Waals surface area contributed by atoms with Gasteiger partial charge in [0.25, 0.3) is 0 Å². The molecule has 4 heteroatoms. The molecule has 1 N–H and O–H groups in total. The van der Waals surface area contributed by atoms with Crippen molar-refractivity contribution in [2.24, 2.45) is 0 Å². The van der Waals surface area contributed by atoms with Crippen molar-refractivity contribution in [2.75, 3.05) is 7.11 Å². The van der Waals surface area contributed by atoms with E-state index < -0.39 is 6.10 Å². The molecule has 0 radical (unpaired) electrons. The summed E-state index contributed by atoms with van der Waals surface area (Å²) in [5.41, 5.74) is 0.519. The smallest absolute Gasteiger partial charge is 0.126 e. The average Bonchev–Trinajstić information content (AvgIpc) is 2.23. The summed E-state index contributed by atoms with van der Waals surface area (Å²) in [6.07, 6.45) is 0.200. The topological polar surface area (TPSA) is 29.5 Å². The van der Waals surface area contributed by atoms with Crippen LogP contribution in [0.3, 0.4) is 0 Å². The maximum absolute atomic E-state index is 13.4. The van der Waals surface area contributed by atoms with Gasteiger partial charge in [0.2, 0.25) is 0 Å². The largest absolute Gasteiger partial charge is 0.393 e. The Morgan fingerprint density at radius 3 is 2.81 bits per heavy atom. The van der Waals surface area contributed by atoms with Gasteiger partial charge in [-0.05, 0) is 37.1 Å². The number of benzene rings is 1. The van der Waals surface area contributed by atoms with E-state index in [9.17, 15) is 9.50 Å². The molecule has 0 aliphatic carbocycles. The third kappa shape index (κ3) is 4.20. The summed E-state index contributed by atoms with van der Waals surface area (Å²) in [6, 6.07) is 4.73. The predicted molar refractivity (Wildman–Crippen MR) is 64.9 cm³/mol. The second kappa shape index (κ2) is 6.33. The second-order valence-electron chi connectivity index (χ2n) is 3.88. The van der Waals surface area contributed by atoms with Gasteiger partial charge in [-0.1, -0.05) is 15.9 Å². The van der Waals surface area contributed by atoms with Crippen LogP contribution in [0.2, 0.25) is 0 Å². The lowest BCUT2D eigenvalue weighted by atomic mass is 10.0. The number of aliphatic hydroxyl groups is 1. The van der Waals surface area contributed by atoms with Gasteiger partial charge in [-0.25, -0.2) is 4.39 Å². The Bertz CT molecular complexity index is 344. The van der Waals surface area contributed by atoms with Crippen LogP contribution < -0.4 is 0 Å². The summed E-state index contributed by atoms with van der Waals surface area (Å²) >= 11 is 3.28. The Morgan fingerprint density at radius 2 is 2.19 bits per heavy atom. The quantitative estimate of drug-likeness (QED) is 0.904. The van der Waals surface area contributed by atoms with Gasteiger partial charge < -0.3 is 9.84 Å². The number of ether oxygens (including phenoxy) is 1. The molecule has 16 heavy (non-hydrogen) atoms. The van der Waals surface area contributed by atoms with Gasteiger partial charge in [-0.15, -0.1) is 0 Å². The summed E-state index contributed by atoms with van der Waals surface area (Å²) in [4.78, 5) is 0. The minimum absolute atomic E-state index is 0.0229. The fourth-order valence-electron chi connectivity index (χ4n) is 1.52. The number of halogens is 2. The number of hydrogen-bond donors (Lipinski definition) is 1. The summed E-state index contributed by atoms with van der Waals surface area (Å²) in [7, 11) is 1.59. The molecule has 0 saturated heterocycles. The molecule has 0 aliphatic heterocycles. The molecular weight excluding hydrogens is 275 g/mol. The van der Waals surface area contributed by atoms with Crippen LogP contribution in [-0.4, -0.2) is 24.4 Å². The van der Waals surface area contributed by atoms with Crippen molar-refractivity contribution in [2.45, 2.75) is 32.0 Å². The highest BCUT2D eigenvalue weighted by atomic mass is 79.9. The van der Waals surface area contributed by atoms with Gasteiger partial charge >= 0.3 is 0 Å². The van der Waals surface area contributed by atoms with Crippen molar-refractivity contribution in [3.05, 3.63) is 34.1 Å². The van der Waals surface area contributed by atoms with Crippen molar-refractivity contribution < 1.29 is 14.2 Å². The number of methoxy groups -OCH3 is 1. The molecule has 1 aromatic carbocycles. The first-order chi connectivity index (χ1) is 7.52. The molecule has 0 aliphatic rings. The molecule has 1 rings (SSSR count). The molecule has 2 nitrogen and oxygen atoms in total. The molecule has 0 aromatic heterocycles. The van der Waals surface area contributed by atoms with E-state index in [1.807, 2.05) is 6.92 Å². The zero-order valence-electron chi connectivity index (χ0n) is 9.41. The van der Waals surface area contributed by atoms with Gasteiger partial charge in [0.15, 0.2) is 0 Å². The normalized spacial score (nSPS) is 14.8. The van der Waals surface area contributed by atoms with Crippen molar-refractivity contribution in [3.63, 3.8) is 0 Å². The lowest BCUT2D eigenvalue weighted by Crippen LogP contribution is -2.19. The molecule has 0 saturated carbocycles. The van der Waals surface area contributed by atoms with Gasteiger partial charge in [-0.2, -0.15) is 0 Å². The first-order valence-corrected chi connectivity index (χ1v) is 5.97. The van der Waals surface area contributed by atoms with E-state index in [0.29, 0.717) is 18.4 Å². The highest BCUT2D eigenvalue weighted by Gasteiger charge is 2.13. The first kappa shape index (κ1) is 13.6. The van der Waals surface area contributed by atoms with Gasteiger partial charge in [0.1, 0.15) is 5.82 Å². The fourth-order valence-corrected chi connectivity index (χ4v) is 1.92. The second-order valence-corrected chi connectivity index (χ2v) is 4.79. The van der Waals surface area contributed by atoms with E-state index >= 15 is 0 Å². The molecule has 2 unspecified atom stereocenters. The van der Waals surface area contributed by atoms with Crippen LogP contribution in [0.1, 0.15) is 18.9 Å². The maximum Gasteiger partial charge on any atom is 0.126 e. The van der Waals surface area contributed by atoms with Crippen LogP contribution in [0.25, 0.3) is 0 Å². The van der Waals surface area contributed by atoms with Crippen molar-refractivity contribution in [1.82, 2.24) is 0 Å². The Hall–Kier alpha value is -0.450. The van der Waals surface area contributed by atoms with E-state index in [0.717, 1.165) is 4.47 Å². The fraction of sp³-hybridized carbons (Fsp3) is 0.500. The highest BCUT2D eigenvalue weighted by molar-refractivity contribution is 9.10. The molecule has 0 amide bonds. The molecule has 1 aromatic rings. The Labute approximate surface area is 104 Å². The number of aliphatic hydroxyl groups excluding tert-OH is 1. The molecule has 0 heterocycles. The zero-order valence-corrected chi connectivity index (χ0v) is 11.0. The van der Waals surface area contributed by atoms with Gasteiger partial charge in [0, 0.05) is 18.0 Å². The van der Waals surface area contributed by atoms with E-state index in [1.165, 1.54) is 6.07 Å². The zero-order chi connectivity index (χ0) is 12.1. The van der Waals surface area contributed by atoms with E-state index in [-0.39, 0.29) is 11.9 Å². The standard InChI is InChI=1S/C12H16BrFO2/c1-8(16-2)5-11(15)7-9-6-10(13)3-4-12(9)14/h3-4,6,8,11,15H,5,7H2,1-2H3. The summed E-state index contributed by atoms with van der Waals surface area (Å²) < 4.78 is 19.3. The third-order valence-corrected chi connectivity index (χ3v) is 2.96. The van der Waals surface area contributed by atoms with Gasteiger partial charge in [-0.3, -0.25) is 0 Å². The summed E-state index contributed by atoms with van der Waals surface area (Å²) in [5.74, 6) is -0.285. The Balaban J connectivity index is 2.61. The Kier molecular flexibility index (Phi) is 5.38. The Morgan fingerprint density at radius 1 is 1.50 bits per heavy atom. The monoisotopic (exact) mass is 290 g/mol. The molecule has 90 valence electrons. The maximum atomic E-state index is 13.4. The molecular formula is C12H16BrFO2. The number of rotatable bonds is 5. The average molecular weight is 291 g/mol. The molecule has 0 spiro atoms. The molecule has 0 bridgehead atoms. The lowest BCUT2D eigenvalue weighted by molar-refractivity contribution is 0.0562. The van der Waals surface area contributed by atoms with E-state index in [1.54, 1.807) is 19.2 Å². The van der Waals surface area contributed by atoms with Crippen LogP contribution in [0, 0.1) is 5.82 Å². The summed E-state index contributed by atoms with van der Waals surface area (Å²) in [6.45, 7) is 1.88. The first-order valence-electron chi connectivity index (χ1n) is 5.17. The predicted octanol–water partition coefficient (Wildman–Crippen LogP) is 2.92. The minimum atomic E-state index is -0.584. The van der Waals surface area contributed by atoms with Crippen molar-refractivity contribution >= 4 is 15.9 Å². The lowest BCUT2D eigenvalue weighted by Gasteiger charge is -2.15.